The average Bonchev–Trinajstić information content (AvgIpc) is 3.08. The molecule has 2 aromatic carbocycles. The summed E-state index contributed by atoms with van der Waals surface area (Å²) in [6.07, 6.45) is 1.92. The molecule has 0 saturated carbocycles. The Bertz CT molecular complexity index is 883. The summed E-state index contributed by atoms with van der Waals surface area (Å²) < 4.78 is 5.19. The molecule has 1 heterocycles. The van der Waals surface area contributed by atoms with Crippen LogP contribution >= 0.6 is 0 Å². The van der Waals surface area contributed by atoms with Gasteiger partial charge in [-0.2, -0.15) is 0 Å². The number of aromatic hydroxyl groups is 2. The van der Waals surface area contributed by atoms with Crippen LogP contribution in [0.1, 0.15) is 22.8 Å². The van der Waals surface area contributed by atoms with Gasteiger partial charge >= 0.3 is 5.97 Å². The maximum absolute atomic E-state index is 11.7. The maximum atomic E-state index is 11.7. The van der Waals surface area contributed by atoms with E-state index in [9.17, 15) is 20.1 Å². The Balaban J connectivity index is 2.43. The summed E-state index contributed by atoms with van der Waals surface area (Å²) in [4.78, 5) is 11.7. The molecule has 0 saturated heterocycles. The third-order valence-corrected chi connectivity index (χ3v) is 3.84. The van der Waals surface area contributed by atoms with Crippen molar-refractivity contribution < 1.29 is 24.6 Å². The van der Waals surface area contributed by atoms with Gasteiger partial charge in [-0.15, -0.1) is 0 Å². The van der Waals surface area contributed by atoms with Gasteiger partial charge in [0.25, 0.3) is 0 Å². The van der Waals surface area contributed by atoms with Crippen molar-refractivity contribution in [3.05, 3.63) is 53.7 Å². The summed E-state index contributed by atoms with van der Waals surface area (Å²) in [6, 6.07) is 9.13. The van der Waals surface area contributed by atoms with Crippen molar-refractivity contribution in [2.24, 2.45) is 0 Å². The Morgan fingerprint density at radius 1 is 1.12 bits per heavy atom. The lowest BCUT2D eigenvalue weighted by Crippen LogP contribution is -2.04. The van der Waals surface area contributed by atoms with Crippen molar-refractivity contribution in [3.63, 3.8) is 0 Å². The van der Waals surface area contributed by atoms with Crippen LogP contribution in [-0.2, 0) is 6.42 Å². The third kappa shape index (κ3) is 2.58. The number of hydrogen-bond donors (Lipinski definition) is 3. The van der Waals surface area contributed by atoms with E-state index in [0.29, 0.717) is 34.4 Å². The molecule has 3 aromatic rings. The van der Waals surface area contributed by atoms with Gasteiger partial charge in [-0.1, -0.05) is 24.2 Å². The molecule has 0 aliphatic carbocycles. The Hall–Kier alpha value is -3.28. The fraction of sp³-hybridized carbons (Fsp3) is 0.111. The highest BCUT2D eigenvalue weighted by Crippen LogP contribution is 2.42. The smallest absolute Gasteiger partial charge is 0.336 e. The van der Waals surface area contributed by atoms with Crippen molar-refractivity contribution in [2.45, 2.75) is 13.3 Å². The number of hydrogen-bond acceptors (Lipinski definition) is 5. The fourth-order valence-electron chi connectivity index (χ4n) is 2.78. The van der Waals surface area contributed by atoms with Gasteiger partial charge in [0.15, 0.2) is 5.76 Å². The first kappa shape index (κ1) is 15.6. The van der Waals surface area contributed by atoms with Crippen LogP contribution in [0.15, 0.2) is 47.1 Å². The number of aromatic nitrogens is 1. The summed E-state index contributed by atoms with van der Waals surface area (Å²) in [6.45, 7) is 1.86. The maximum Gasteiger partial charge on any atom is 0.336 e. The van der Waals surface area contributed by atoms with Gasteiger partial charge in [0.1, 0.15) is 11.5 Å². The van der Waals surface area contributed by atoms with Crippen LogP contribution in [0.4, 0.5) is 0 Å². The summed E-state index contributed by atoms with van der Waals surface area (Å²) >= 11 is 0. The van der Waals surface area contributed by atoms with Crippen molar-refractivity contribution >= 4 is 5.97 Å². The number of aromatic carboxylic acids is 1. The molecule has 6 nitrogen and oxygen atoms in total. The second-order valence-electron chi connectivity index (χ2n) is 5.25. The number of carbonyl (C=O) groups is 1. The predicted octanol–water partition coefficient (Wildman–Crippen LogP) is 3.68. The monoisotopic (exact) mass is 325 g/mol. The molecule has 0 aliphatic rings. The molecule has 0 spiro atoms. The highest BCUT2D eigenvalue weighted by molar-refractivity contribution is 6.02. The first-order valence-electron chi connectivity index (χ1n) is 7.35. The molecular weight excluding hydrogens is 310 g/mol. The summed E-state index contributed by atoms with van der Waals surface area (Å²) in [5.41, 5.74) is 2.07. The molecule has 3 rings (SSSR count). The largest absolute Gasteiger partial charge is 0.508 e. The molecule has 0 atom stereocenters. The lowest BCUT2D eigenvalue weighted by atomic mass is 9.87. The minimum atomic E-state index is -1.18. The minimum absolute atomic E-state index is 0.0791. The summed E-state index contributed by atoms with van der Waals surface area (Å²) in [5.74, 6) is -0.887. The second kappa shape index (κ2) is 6.08. The Morgan fingerprint density at radius 2 is 1.83 bits per heavy atom. The normalized spacial score (nSPS) is 10.7. The lowest BCUT2D eigenvalue weighted by Gasteiger charge is -2.17. The van der Waals surface area contributed by atoms with E-state index in [-0.39, 0.29) is 17.1 Å². The predicted molar refractivity (Wildman–Crippen MR) is 87.0 cm³/mol. The molecule has 3 N–H and O–H groups in total. The number of carboxylic acid groups (broad SMARTS) is 1. The number of phenols is 2. The highest BCUT2D eigenvalue weighted by Gasteiger charge is 2.25. The number of carboxylic acids is 1. The van der Waals surface area contributed by atoms with E-state index in [4.69, 9.17) is 4.52 Å². The molecule has 24 heavy (non-hydrogen) atoms. The molecular formula is C18H15NO5. The number of rotatable bonds is 4. The fourth-order valence-corrected chi connectivity index (χ4v) is 2.78. The lowest BCUT2D eigenvalue weighted by molar-refractivity contribution is 0.0697. The standard InChI is InChI=1S/C18H15NO5/c1-2-12-14(21)9-13(18(22)23)17(15-7-8-19-24-15)16(12)10-3-5-11(20)6-4-10/h3-9,20-21H,2H2,1H3,(H,22,23). The second-order valence-corrected chi connectivity index (χ2v) is 5.25. The van der Waals surface area contributed by atoms with Crippen LogP contribution in [-0.4, -0.2) is 26.4 Å². The van der Waals surface area contributed by atoms with E-state index in [0.717, 1.165) is 0 Å². The molecule has 1 aromatic heterocycles. The minimum Gasteiger partial charge on any atom is -0.508 e. The number of benzene rings is 2. The van der Waals surface area contributed by atoms with Crippen molar-refractivity contribution in [1.82, 2.24) is 5.16 Å². The zero-order chi connectivity index (χ0) is 17.3. The van der Waals surface area contributed by atoms with Gasteiger partial charge in [-0.05, 0) is 30.2 Å². The van der Waals surface area contributed by atoms with Gasteiger partial charge in [0.2, 0.25) is 0 Å². The average molecular weight is 325 g/mol. The first-order chi connectivity index (χ1) is 11.5. The zero-order valence-corrected chi connectivity index (χ0v) is 12.9. The third-order valence-electron chi connectivity index (χ3n) is 3.84. The van der Waals surface area contributed by atoms with Crippen LogP contribution < -0.4 is 0 Å². The summed E-state index contributed by atoms with van der Waals surface area (Å²) in [7, 11) is 0. The SMILES string of the molecule is CCc1c(O)cc(C(=O)O)c(-c2ccno2)c1-c1ccc(O)cc1. The van der Waals surface area contributed by atoms with Crippen molar-refractivity contribution in [3.8, 4) is 33.9 Å². The van der Waals surface area contributed by atoms with Crippen LogP contribution in [0.3, 0.4) is 0 Å². The van der Waals surface area contributed by atoms with E-state index < -0.39 is 5.97 Å². The molecule has 122 valence electrons. The topological polar surface area (TPSA) is 104 Å². The molecule has 0 bridgehead atoms. The van der Waals surface area contributed by atoms with E-state index in [1.165, 1.54) is 24.4 Å². The first-order valence-corrected chi connectivity index (χ1v) is 7.35. The Morgan fingerprint density at radius 3 is 2.38 bits per heavy atom. The van der Waals surface area contributed by atoms with Crippen LogP contribution in [0.25, 0.3) is 22.5 Å². The summed E-state index contributed by atoms with van der Waals surface area (Å²) in [5, 5.41) is 33.0. The van der Waals surface area contributed by atoms with E-state index in [2.05, 4.69) is 5.16 Å². The number of phenolic OH excluding ortho intramolecular Hbond substituents is 2. The highest BCUT2D eigenvalue weighted by atomic mass is 16.5. The van der Waals surface area contributed by atoms with Crippen LogP contribution in [0, 0.1) is 0 Å². The number of nitrogens with zero attached hydrogens (tertiary/aromatic N) is 1. The van der Waals surface area contributed by atoms with E-state index in [1.54, 1.807) is 18.2 Å². The molecule has 0 unspecified atom stereocenters. The zero-order valence-electron chi connectivity index (χ0n) is 12.9. The van der Waals surface area contributed by atoms with Crippen molar-refractivity contribution in [2.75, 3.05) is 0 Å². The molecule has 0 aliphatic heterocycles. The Labute approximate surface area is 137 Å². The van der Waals surface area contributed by atoms with Crippen molar-refractivity contribution in [1.29, 1.82) is 0 Å². The molecule has 0 radical (unpaired) electrons. The molecule has 0 fully saturated rings. The van der Waals surface area contributed by atoms with E-state index in [1.807, 2.05) is 6.92 Å². The van der Waals surface area contributed by atoms with Crippen LogP contribution in [0.5, 0.6) is 11.5 Å². The molecule has 0 amide bonds. The van der Waals surface area contributed by atoms with Gasteiger partial charge in [-0.3, -0.25) is 0 Å². The van der Waals surface area contributed by atoms with E-state index >= 15 is 0 Å². The quantitative estimate of drug-likeness (QED) is 0.676. The molecule has 6 heteroatoms. The van der Waals surface area contributed by atoms with Gasteiger partial charge < -0.3 is 19.8 Å². The van der Waals surface area contributed by atoms with Gasteiger partial charge in [-0.25, -0.2) is 4.79 Å². The van der Waals surface area contributed by atoms with Gasteiger partial charge in [0.05, 0.1) is 11.8 Å². The Kier molecular flexibility index (Phi) is 3.95. The van der Waals surface area contributed by atoms with Crippen LogP contribution in [0.2, 0.25) is 0 Å². The van der Waals surface area contributed by atoms with Gasteiger partial charge in [0, 0.05) is 22.8 Å².